The largest absolute Gasteiger partial charge is 0.381 e. The highest BCUT2D eigenvalue weighted by Crippen LogP contribution is 2.29. The second kappa shape index (κ2) is 7.84. The standard InChI is InChI=1S/C19H26N6O3/c1-14(2)15-12-16(25(23-15)17-20-6-3-7-21-17)22-18(26)24-8-11-28-19(13-24)4-9-27-10-5-19/h3,6-7,12,14H,4-5,8-11,13H2,1-2H3,(H,22,26). The van der Waals surface area contributed by atoms with Crippen molar-refractivity contribution < 1.29 is 14.3 Å². The van der Waals surface area contributed by atoms with Crippen LogP contribution in [-0.4, -0.2) is 69.2 Å². The molecule has 9 heteroatoms. The van der Waals surface area contributed by atoms with E-state index in [2.05, 4.69) is 34.2 Å². The van der Waals surface area contributed by atoms with Crippen LogP contribution in [-0.2, 0) is 9.47 Å². The number of hydrogen-bond donors (Lipinski definition) is 1. The molecule has 0 radical (unpaired) electrons. The molecule has 0 unspecified atom stereocenters. The lowest BCUT2D eigenvalue weighted by molar-refractivity contribution is -0.144. The van der Waals surface area contributed by atoms with Crippen LogP contribution >= 0.6 is 0 Å². The lowest BCUT2D eigenvalue weighted by Gasteiger charge is -2.44. The molecule has 0 bridgehead atoms. The topological polar surface area (TPSA) is 94.4 Å². The van der Waals surface area contributed by atoms with Gasteiger partial charge in [-0.25, -0.2) is 14.8 Å². The summed E-state index contributed by atoms with van der Waals surface area (Å²) in [6.07, 6.45) is 4.93. The fourth-order valence-electron chi connectivity index (χ4n) is 3.58. The molecule has 4 heterocycles. The number of aromatic nitrogens is 4. The van der Waals surface area contributed by atoms with E-state index in [9.17, 15) is 4.79 Å². The summed E-state index contributed by atoms with van der Waals surface area (Å²) in [5.74, 6) is 1.20. The Morgan fingerprint density at radius 1 is 1.21 bits per heavy atom. The molecule has 2 aromatic heterocycles. The fourth-order valence-corrected chi connectivity index (χ4v) is 3.58. The Labute approximate surface area is 164 Å². The van der Waals surface area contributed by atoms with Crippen LogP contribution in [0.15, 0.2) is 24.5 Å². The smallest absolute Gasteiger partial charge is 0.323 e. The number of carbonyl (C=O) groups is 1. The van der Waals surface area contributed by atoms with E-state index >= 15 is 0 Å². The summed E-state index contributed by atoms with van der Waals surface area (Å²) in [6.45, 7) is 7.11. The van der Waals surface area contributed by atoms with Gasteiger partial charge in [-0.05, 0) is 12.0 Å². The molecule has 2 fully saturated rings. The van der Waals surface area contributed by atoms with E-state index in [1.54, 1.807) is 23.1 Å². The van der Waals surface area contributed by atoms with Crippen LogP contribution in [0.5, 0.6) is 0 Å². The third kappa shape index (κ3) is 3.85. The average molecular weight is 386 g/mol. The number of nitrogens with one attached hydrogen (secondary N) is 1. The van der Waals surface area contributed by atoms with Crippen LogP contribution in [0, 0.1) is 0 Å². The highest BCUT2D eigenvalue weighted by atomic mass is 16.5. The van der Waals surface area contributed by atoms with Crippen LogP contribution in [0.4, 0.5) is 10.6 Å². The van der Waals surface area contributed by atoms with Gasteiger partial charge < -0.3 is 14.4 Å². The van der Waals surface area contributed by atoms with E-state index in [0.29, 0.717) is 44.7 Å². The minimum atomic E-state index is -0.292. The number of hydrogen-bond acceptors (Lipinski definition) is 6. The van der Waals surface area contributed by atoms with Crippen molar-refractivity contribution in [2.75, 3.05) is 38.2 Å². The van der Waals surface area contributed by atoms with E-state index in [0.717, 1.165) is 18.5 Å². The molecule has 2 aromatic rings. The Bertz CT molecular complexity index is 811. The first kappa shape index (κ1) is 18.8. The molecule has 2 aliphatic rings. The number of morpholine rings is 1. The molecule has 1 spiro atoms. The zero-order chi connectivity index (χ0) is 19.6. The van der Waals surface area contributed by atoms with Crippen molar-refractivity contribution in [2.45, 2.75) is 38.2 Å². The summed E-state index contributed by atoms with van der Waals surface area (Å²) in [7, 11) is 0. The predicted octanol–water partition coefficient (Wildman–Crippen LogP) is 2.20. The lowest BCUT2D eigenvalue weighted by Crippen LogP contribution is -2.56. The van der Waals surface area contributed by atoms with Crippen molar-refractivity contribution in [3.63, 3.8) is 0 Å². The first-order valence-electron chi connectivity index (χ1n) is 9.71. The number of anilines is 1. The second-order valence-corrected chi connectivity index (χ2v) is 7.57. The monoisotopic (exact) mass is 386 g/mol. The lowest BCUT2D eigenvalue weighted by atomic mass is 9.92. The maximum atomic E-state index is 13.0. The molecule has 4 rings (SSSR count). The summed E-state index contributed by atoms with van der Waals surface area (Å²) in [6, 6.07) is 3.46. The second-order valence-electron chi connectivity index (χ2n) is 7.57. The van der Waals surface area contributed by atoms with Gasteiger partial charge in [0.05, 0.1) is 24.4 Å². The number of nitrogens with zero attached hydrogens (tertiary/aromatic N) is 5. The van der Waals surface area contributed by atoms with Gasteiger partial charge >= 0.3 is 6.03 Å². The van der Waals surface area contributed by atoms with Gasteiger partial charge in [-0.2, -0.15) is 9.78 Å². The van der Waals surface area contributed by atoms with E-state index in [-0.39, 0.29) is 17.6 Å². The summed E-state index contributed by atoms with van der Waals surface area (Å²) in [5, 5.41) is 7.58. The average Bonchev–Trinajstić information content (AvgIpc) is 3.13. The van der Waals surface area contributed by atoms with Gasteiger partial charge in [0.2, 0.25) is 0 Å². The molecule has 150 valence electrons. The fraction of sp³-hybridized carbons (Fsp3) is 0.579. The first-order chi connectivity index (χ1) is 13.6. The van der Waals surface area contributed by atoms with E-state index in [1.807, 2.05) is 11.0 Å². The Morgan fingerprint density at radius 3 is 2.68 bits per heavy atom. The number of carbonyl (C=O) groups excluding carboxylic acids is 1. The molecule has 2 aliphatic heterocycles. The molecule has 9 nitrogen and oxygen atoms in total. The van der Waals surface area contributed by atoms with Gasteiger partial charge in [-0.15, -0.1) is 0 Å². The van der Waals surface area contributed by atoms with Gasteiger partial charge in [0.15, 0.2) is 0 Å². The molecule has 0 aromatic carbocycles. The van der Waals surface area contributed by atoms with Gasteiger partial charge in [-0.3, -0.25) is 5.32 Å². The first-order valence-corrected chi connectivity index (χ1v) is 9.71. The van der Waals surface area contributed by atoms with Gasteiger partial charge in [0, 0.05) is 51.1 Å². The van der Waals surface area contributed by atoms with Crippen LogP contribution in [0.2, 0.25) is 0 Å². The molecule has 0 atom stereocenters. The third-order valence-corrected chi connectivity index (χ3v) is 5.24. The molecule has 28 heavy (non-hydrogen) atoms. The van der Waals surface area contributed by atoms with Gasteiger partial charge in [-0.1, -0.05) is 13.8 Å². The SMILES string of the molecule is CC(C)c1cc(NC(=O)N2CCOC3(CCOCC3)C2)n(-c2ncccn2)n1. The van der Waals surface area contributed by atoms with Crippen molar-refractivity contribution in [1.29, 1.82) is 0 Å². The zero-order valence-corrected chi connectivity index (χ0v) is 16.3. The molecular weight excluding hydrogens is 360 g/mol. The Morgan fingerprint density at radius 2 is 1.96 bits per heavy atom. The molecule has 2 saturated heterocycles. The van der Waals surface area contributed by atoms with Crippen LogP contribution in [0.3, 0.4) is 0 Å². The van der Waals surface area contributed by atoms with Crippen LogP contribution in [0.25, 0.3) is 5.95 Å². The van der Waals surface area contributed by atoms with Crippen molar-refractivity contribution in [3.05, 3.63) is 30.2 Å². The van der Waals surface area contributed by atoms with E-state index in [4.69, 9.17) is 9.47 Å². The minimum absolute atomic E-state index is 0.165. The maximum absolute atomic E-state index is 13.0. The number of amides is 2. The van der Waals surface area contributed by atoms with Crippen molar-refractivity contribution >= 4 is 11.8 Å². The molecular formula is C19H26N6O3. The maximum Gasteiger partial charge on any atom is 0.323 e. The van der Waals surface area contributed by atoms with Crippen LogP contribution in [0.1, 0.15) is 38.3 Å². The summed E-state index contributed by atoms with van der Waals surface area (Å²) in [4.78, 5) is 23.3. The Kier molecular flexibility index (Phi) is 5.27. The summed E-state index contributed by atoms with van der Waals surface area (Å²) >= 11 is 0. The minimum Gasteiger partial charge on any atom is -0.381 e. The molecule has 0 aliphatic carbocycles. The molecule has 0 saturated carbocycles. The predicted molar refractivity (Wildman–Crippen MR) is 103 cm³/mol. The quantitative estimate of drug-likeness (QED) is 0.869. The Balaban J connectivity index is 1.54. The normalized spacial score (nSPS) is 19.2. The number of urea groups is 1. The summed E-state index contributed by atoms with van der Waals surface area (Å²) < 4.78 is 13.1. The molecule has 2 amide bonds. The highest BCUT2D eigenvalue weighted by molar-refractivity contribution is 5.89. The van der Waals surface area contributed by atoms with Crippen molar-refractivity contribution in [3.8, 4) is 5.95 Å². The Hall–Kier alpha value is -2.52. The number of rotatable bonds is 3. The number of ether oxygens (including phenoxy) is 2. The van der Waals surface area contributed by atoms with Crippen molar-refractivity contribution in [2.24, 2.45) is 0 Å². The van der Waals surface area contributed by atoms with Crippen LogP contribution < -0.4 is 5.32 Å². The highest BCUT2D eigenvalue weighted by Gasteiger charge is 2.40. The van der Waals surface area contributed by atoms with E-state index < -0.39 is 0 Å². The van der Waals surface area contributed by atoms with Gasteiger partial charge in [0.25, 0.3) is 5.95 Å². The van der Waals surface area contributed by atoms with Gasteiger partial charge in [0.1, 0.15) is 5.82 Å². The van der Waals surface area contributed by atoms with Crippen molar-refractivity contribution in [1.82, 2.24) is 24.6 Å². The third-order valence-electron chi connectivity index (χ3n) is 5.24. The zero-order valence-electron chi connectivity index (χ0n) is 16.3. The van der Waals surface area contributed by atoms with E-state index in [1.165, 1.54) is 0 Å². The molecule has 1 N–H and O–H groups in total. The summed E-state index contributed by atoms with van der Waals surface area (Å²) in [5.41, 5.74) is 0.574.